The van der Waals surface area contributed by atoms with Crippen LogP contribution in [0.3, 0.4) is 0 Å². The Kier molecular flexibility index (Phi) is 9.89. The van der Waals surface area contributed by atoms with E-state index in [-0.39, 0.29) is 53.6 Å². The highest BCUT2D eigenvalue weighted by Crippen LogP contribution is 2.40. The predicted molar refractivity (Wildman–Crippen MR) is 163 cm³/mol. The summed E-state index contributed by atoms with van der Waals surface area (Å²) in [7, 11) is 0. The molecule has 1 aliphatic carbocycles. The van der Waals surface area contributed by atoms with Gasteiger partial charge in [-0.05, 0) is 80.3 Å². The Morgan fingerprint density at radius 2 is 1.88 bits per heavy atom. The Balaban J connectivity index is 1.77. The number of aliphatic hydroxyl groups excluding tert-OH is 1. The minimum atomic E-state index is -1.04. The molecule has 42 heavy (non-hydrogen) atoms. The van der Waals surface area contributed by atoms with Crippen molar-refractivity contribution in [2.75, 3.05) is 18.1 Å². The first-order valence-corrected chi connectivity index (χ1v) is 14.9. The number of ether oxygens (including phenoxy) is 1. The van der Waals surface area contributed by atoms with Gasteiger partial charge in [-0.1, -0.05) is 45.9 Å². The molecule has 2 N–H and O–H groups in total. The Labute approximate surface area is 249 Å². The predicted octanol–water partition coefficient (Wildman–Crippen LogP) is 5.84. The molecule has 2 aromatic heterocycles. The Morgan fingerprint density at radius 1 is 1.17 bits per heavy atom. The summed E-state index contributed by atoms with van der Waals surface area (Å²) in [6, 6.07) is 13.3. The number of anilines is 1. The standard InChI is InChI=1S/C34H45N3O5/c1-8-41-23(4)27-18-21(2)30(28(27)20-38)36-32(39)31(24-10-9-17-35-19-24)37(33(40)29-16-11-22(3)42-29)26-14-12-25(13-15-26)34(5,6)7/h9-17,19,21,23,27-28,30-31,38H,8,18,20H2,1-7H3,(H,36,39)/t21?,23-,27?,28?,30-,31?/m0/s1. The van der Waals surface area contributed by atoms with E-state index in [0.717, 1.165) is 12.0 Å². The molecule has 1 saturated carbocycles. The highest BCUT2D eigenvalue weighted by Gasteiger charge is 2.45. The van der Waals surface area contributed by atoms with E-state index >= 15 is 0 Å². The average Bonchev–Trinajstić information content (AvgIpc) is 3.54. The number of carbonyl (C=O) groups is 2. The molecule has 8 heteroatoms. The molecule has 0 aliphatic heterocycles. The van der Waals surface area contributed by atoms with Crippen molar-refractivity contribution in [1.82, 2.24) is 10.3 Å². The van der Waals surface area contributed by atoms with Crippen LogP contribution in [0.4, 0.5) is 5.69 Å². The Hall–Kier alpha value is -3.49. The fraction of sp³-hybridized carbons (Fsp3) is 0.500. The molecule has 4 rings (SSSR count). The number of hydrogen-bond donors (Lipinski definition) is 2. The van der Waals surface area contributed by atoms with Crippen molar-refractivity contribution in [2.24, 2.45) is 17.8 Å². The Morgan fingerprint density at radius 3 is 2.43 bits per heavy atom. The first-order valence-electron chi connectivity index (χ1n) is 14.9. The summed E-state index contributed by atoms with van der Waals surface area (Å²) in [6.45, 7) is 14.7. The molecule has 1 aromatic carbocycles. The van der Waals surface area contributed by atoms with Gasteiger partial charge in [0.1, 0.15) is 11.8 Å². The van der Waals surface area contributed by atoms with Gasteiger partial charge in [0, 0.05) is 48.8 Å². The maximum Gasteiger partial charge on any atom is 0.294 e. The zero-order valence-corrected chi connectivity index (χ0v) is 25.8. The number of benzene rings is 1. The fourth-order valence-electron chi connectivity index (χ4n) is 6.24. The van der Waals surface area contributed by atoms with Gasteiger partial charge in [0.25, 0.3) is 5.91 Å². The third-order valence-corrected chi connectivity index (χ3v) is 8.51. The lowest BCUT2D eigenvalue weighted by molar-refractivity contribution is -0.124. The van der Waals surface area contributed by atoms with E-state index in [1.54, 1.807) is 43.6 Å². The van der Waals surface area contributed by atoms with Gasteiger partial charge in [-0.15, -0.1) is 0 Å². The second-order valence-electron chi connectivity index (χ2n) is 12.5. The number of nitrogens with one attached hydrogen (secondary N) is 1. The molecule has 4 unspecified atom stereocenters. The van der Waals surface area contributed by atoms with Crippen LogP contribution >= 0.6 is 0 Å². The first kappa shape index (κ1) is 31.4. The monoisotopic (exact) mass is 575 g/mol. The van der Waals surface area contributed by atoms with Crippen molar-refractivity contribution >= 4 is 17.5 Å². The van der Waals surface area contributed by atoms with Gasteiger partial charge in [-0.2, -0.15) is 0 Å². The summed E-state index contributed by atoms with van der Waals surface area (Å²) in [5.74, 6) is -0.0116. The minimum absolute atomic E-state index is 0.0489. The van der Waals surface area contributed by atoms with Gasteiger partial charge in [0.15, 0.2) is 5.76 Å². The maximum atomic E-state index is 14.4. The summed E-state index contributed by atoms with van der Waals surface area (Å²) in [5.41, 5.74) is 2.15. The lowest BCUT2D eigenvalue weighted by Gasteiger charge is -2.34. The largest absolute Gasteiger partial charge is 0.456 e. The Bertz CT molecular complexity index is 1330. The SMILES string of the molecule is CCO[C@@H](C)C1CC(C)[C@H](NC(=O)C(c2cccnc2)N(C(=O)c2ccc(C)o2)c2ccc(C(C)(C)C)cc2)C1CO. The normalized spacial score (nSPS) is 22.0. The van der Waals surface area contributed by atoms with Crippen LogP contribution in [0.15, 0.2) is 65.3 Å². The number of aliphatic hydroxyl groups is 1. The first-order chi connectivity index (χ1) is 20.0. The van der Waals surface area contributed by atoms with E-state index in [0.29, 0.717) is 23.6 Å². The number of aromatic nitrogens is 1. The van der Waals surface area contributed by atoms with Crippen LogP contribution in [0.25, 0.3) is 0 Å². The maximum absolute atomic E-state index is 14.4. The minimum Gasteiger partial charge on any atom is -0.456 e. The van der Waals surface area contributed by atoms with Crippen LogP contribution in [0.1, 0.15) is 81.4 Å². The zero-order valence-electron chi connectivity index (χ0n) is 25.8. The molecule has 0 spiro atoms. The molecule has 0 saturated heterocycles. The number of amides is 2. The number of nitrogens with zero attached hydrogens (tertiary/aromatic N) is 2. The lowest BCUT2D eigenvalue weighted by Crippen LogP contribution is -2.50. The third-order valence-electron chi connectivity index (χ3n) is 8.51. The zero-order chi connectivity index (χ0) is 30.6. The highest BCUT2D eigenvalue weighted by molar-refractivity contribution is 6.08. The van der Waals surface area contributed by atoms with Crippen molar-refractivity contribution in [2.45, 2.75) is 78.5 Å². The van der Waals surface area contributed by atoms with E-state index in [2.05, 4.69) is 38.0 Å². The molecular weight excluding hydrogens is 530 g/mol. The van der Waals surface area contributed by atoms with E-state index in [4.69, 9.17) is 9.15 Å². The van der Waals surface area contributed by atoms with Crippen LogP contribution in [0.5, 0.6) is 0 Å². The van der Waals surface area contributed by atoms with Gasteiger partial charge in [-0.25, -0.2) is 0 Å². The van der Waals surface area contributed by atoms with Crippen LogP contribution in [-0.2, 0) is 14.9 Å². The second-order valence-corrected chi connectivity index (χ2v) is 12.5. The lowest BCUT2D eigenvalue weighted by atomic mass is 9.87. The molecule has 6 atom stereocenters. The van der Waals surface area contributed by atoms with E-state index in [1.807, 2.05) is 38.1 Å². The van der Waals surface area contributed by atoms with Gasteiger partial charge in [-0.3, -0.25) is 19.5 Å². The molecule has 0 radical (unpaired) electrons. The van der Waals surface area contributed by atoms with Gasteiger partial charge in [0.05, 0.1) is 6.10 Å². The molecule has 1 fully saturated rings. The van der Waals surface area contributed by atoms with Crippen LogP contribution in [-0.4, -0.2) is 47.3 Å². The number of hydrogen-bond acceptors (Lipinski definition) is 6. The second kappa shape index (κ2) is 13.2. The molecule has 226 valence electrons. The average molecular weight is 576 g/mol. The number of carbonyl (C=O) groups excluding carboxylic acids is 2. The van der Waals surface area contributed by atoms with Crippen molar-refractivity contribution < 1.29 is 23.8 Å². The molecule has 1 aliphatic rings. The van der Waals surface area contributed by atoms with Gasteiger partial charge in [0.2, 0.25) is 5.91 Å². The van der Waals surface area contributed by atoms with Crippen molar-refractivity contribution in [1.29, 1.82) is 0 Å². The van der Waals surface area contributed by atoms with E-state index in [9.17, 15) is 14.7 Å². The third kappa shape index (κ3) is 6.76. The molecule has 3 aromatic rings. The smallest absolute Gasteiger partial charge is 0.294 e. The summed E-state index contributed by atoms with van der Waals surface area (Å²) >= 11 is 0. The number of furan rings is 1. The number of aryl methyl sites for hydroxylation is 1. The molecule has 2 heterocycles. The number of pyridine rings is 1. The molecule has 0 bridgehead atoms. The van der Waals surface area contributed by atoms with Gasteiger partial charge >= 0.3 is 0 Å². The van der Waals surface area contributed by atoms with Crippen LogP contribution < -0.4 is 10.2 Å². The fourth-order valence-corrected chi connectivity index (χ4v) is 6.24. The summed E-state index contributed by atoms with van der Waals surface area (Å²) in [5, 5.41) is 13.7. The van der Waals surface area contributed by atoms with E-state index < -0.39 is 11.9 Å². The van der Waals surface area contributed by atoms with Crippen LogP contribution in [0, 0.1) is 24.7 Å². The quantitative estimate of drug-likeness (QED) is 0.315. The van der Waals surface area contributed by atoms with Gasteiger partial charge < -0.3 is 19.6 Å². The summed E-state index contributed by atoms with van der Waals surface area (Å²) in [6.07, 6.45) is 4.02. The molecular formula is C34H45N3O5. The summed E-state index contributed by atoms with van der Waals surface area (Å²) in [4.78, 5) is 34.4. The summed E-state index contributed by atoms with van der Waals surface area (Å²) < 4.78 is 11.6. The van der Waals surface area contributed by atoms with Crippen molar-refractivity contribution in [3.63, 3.8) is 0 Å². The molecule has 8 nitrogen and oxygen atoms in total. The molecule has 2 amide bonds. The highest BCUT2D eigenvalue weighted by atomic mass is 16.5. The van der Waals surface area contributed by atoms with Crippen molar-refractivity contribution in [3.8, 4) is 0 Å². The topological polar surface area (TPSA) is 105 Å². The van der Waals surface area contributed by atoms with Crippen molar-refractivity contribution in [3.05, 3.63) is 83.6 Å². The number of rotatable bonds is 10. The van der Waals surface area contributed by atoms with E-state index in [1.165, 1.54) is 4.90 Å². The van der Waals surface area contributed by atoms with Crippen LogP contribution in [0.2, 0.25) is 0 Å².